The van der Waals surface area contributed by atoms with Crippen molar-refractivity contribution in [1.29, 1.82) is 0 Å². The van der Waals surface area contributed by atoms with Crippen LogP contribution in [0.3, 0.4) is 0 Å². The van der Waals surface area contributed by atoms with Crippen molar-refractivity contribution in [3.8, 4) is 11.5 Å². The van der Waals surface area contributed by atoms with Crippen LogP contribution in [-0.4, -0.2) is 5.78 Å². The second kappa shape index (κ2) is 7.12. The number of ether oxygens (including phenoxy) is 2. The molecule has 0 aromatic heterocycles. The Morgan fingerprint density at radius 3 is 2.41 bits per heavy atom. The minimum Gasteiger partial charge on any atom is -0.488 e. The lowest BCUT2D eigenvalue weighted by atomic mass is 10.1. The van der Waals surface area contributed by atoms with Gasteiger partial charge in [-0.2, -0.15) is 0 Å². The normalized spacial score (nSPS) is 14.1. The number of aryl methyl sites for hydroxylation is 1. The summed E-state index contributed by atoms with van der Waals surface area (Å²) in [4.78, 5) is 12.6. The summed E-state index contributed by atoms with van der Waals surface area (Å²) in [5, 5.41) is 0. The van der Waals surface area contributed by atoms with E-state index in [9.17, 15) is 4.79 Å². The van der Waals surface area contributed by atoms with Gasteiger partial charge in [0.2, 0.25) is 5.78 Å². The number of ketones is 1. The summed E-state index contributed by atoms with van der Waals surface area (Å²) in [6, 6.07) is 21.5. The van der Waals surface area contributed by atoms with E-state index >= 15 is 0 Å². The fourth-order valence-corrected chi connectivity index (χ4v) is 3.07. The monoisotopic (exact) mass is 356 g/mol. The van der Waals surface area contributed by atoms with Gasteiger partial charge < -0.3 is 9.47 Å². The summed E-state index contributed by atoms with van der Waals surface area (Å²) in [7, 11) is 0. The molecule has 3 aromatic carbocycles. The van der Waals surface area contributed by atoms with E-state index in [1.807, 2.05) is 43.3 Å². The molecule has 1 aliphatic rings. The van der Waals surface area contributed by atoms with Crippen LogP contribution in [0.15, 0.2) is 72.5 Å². The smallest absolute Gasteiger partial charge is 0.231 e. The van der Waals surface area contributed by atoms with Gasteiger partial charge in [0, 0.05) is 5.56 Å². The van der Waals surface area contributed by atoms with Gasteiger partial charge in [0.15, 0.2) is 5.76 Å². The Hall–Kier alpha value is -3.33. The minimum absolute atomic E-state index is 0.0953. The molecule has 0 saturated heterocycles. The predicted molar refractivity (Wildman–Crippen MR) is 106 cm³/mol. The molecule has 1 aliphatic heterocycles. The van der Waals surface area contributed by atoms with E-state index in [0.717, 1.165) is 22.4 Å². The fourth-order valence-electron chi connectivity index (χ4n) is 3.07. The van der Waals surface area contributed by atoms with E-state index in [1.165, 1.54) is 5.56 Å². The molecule has 0 radical (unpaired) electrons. The highest BCUT2D eigenvalue weighted by Gasteiger charge is 2.30. The highest BCUT2D eigenvalue weighted by Crippen LogP contribution is 2.39. The van der Waals surface area contributed by atoms with Crippen molar-refractivity contribution in [1.82, 2.24) is 0 Å². The molecular weight excluding hydrogens is 336 g/mol. The maximum atomic E-state index is 12.6. The Morgan fingerprint density at radius 1 is 0.926 bits per heavy atom. The van der Waals surface area contributed by atoms with Crippen LogP contribution in [0.2, 0.25) is 0 Å². The third-order valence-corrected chi connectivity index (χ3v) is 4.65. The lowest BCUT2D eigenvalue weighted by molar-refractivity contribution is 0.101. The minimum atomic E-state index is -0.0953. The number of hydrogen-bond acceptors (Lipinski definition) is 3. The van der Waals surface area contributed by atoms with Crippen molar-refractivity contribution in [2.75, 3.05) is 0 Å². The first-order valence-corrected chi connectivity index (χ1v) is 8.93. The highest BCUT2D eigenvalue weighted by atomic mass is 16.5. The zero-order valence-corrected chi connectivity index (χ0v) is 15.4. The Morgan fingerprint density at radius 2 is 1.67 bits per heavy atom. The molecule has 27 heavy (non-hydrogen) atoms. The van der Waals surface area contributed by atoms with Gasteiger partial charge in [0.05, 0.1) is 5.56 Å². The summed E-state index contributed by atoms with van der Waals surface area (Å²) in [6.07, 6.45) is 1.77. The standard InChI is InChI=1S/C24H20O3/c1-16-8-10-19(11-9-16)15-26-21-13-12-20-23(25)22(27-24(20)17(21)2)14-18-6-4-3-5-7-18/h3-14H,15H2,1-2H3/b22-14-. The Kier molecular flexibility index (Phi) is 4.51. The molecular formula is C24H20O3. The Balaban J connectivity index is 1.56. The maximum absolute atomic E-state index is 12.6. The van der Waals surface area contributed by atoms with E-state index in [1.54, 1.807) is 12.1 Å². The van der Waals surface area contributed by atoms with Crippen LogP contribution in [0.4, 0.5) is 0 Å². The van der Waals surface area contributed by atoms with Gasteiger partial charge in [-0.3, -0.25) is 4.79 Å². The van der Waals surface area contributed by atoms with Crippen molar-refractivity contribution in [2.24, 2.45) is 0 Å². The molecule has 3 nitrogen and oxygen atoms in total. The van der Waals surface area contributed by atoms with Crippen molar-refractivity contribution in [3.63, 3.8) is 0 Å². The molecule has 134 valence electrons. The van der Waals surface area contributed by atoms with Gasteiger partial charge in [-0.15, -0.1) is 0 Å². The Labute approximate surface area is 158 Å². The van der Waals surface area contributed by atoms with E-state index in [4.69, 9.17) is 9.47 Å². The molecule has 0 atom stereocenters. The van der Waals surface area contributed by atoms with Crippen molar-refractivity contribution >= 4 is 11.9 Å². The van der Waals surface area contributed by atoms with E-state index in [-0.39, 0.29) is 5.78 Å². The van der Waals surface area contributed by atoms with Gasteiger partial charge in [-0.05, 0) is 43.2 Å². The summed E-state index contributed by atoms with van der Waals surface area (Å²) < 4.78 is 11.9. The zero-order chi connectivity index (χ0) is 18.8. The number of carbonyl (C=O) groups excluding carboxylic acids is 1. The van der Waals surface area contributed by atoms with Crippen LogP contribution in [0.5, 0.6) is 11.5 Å². The second-order valence-electron chi connectivity index (χ2n) is 6.69. The number of fused-ring (bicyclic) bond motifs is 1. The van der Waals surface area contributed by atoms with Gasteiger partial charge >= 0.3 is 0 Å². The molecule has 0 bridgehead atoms. The molecule has 0 aliphatic carbocycles. The van der Waals surface area contributed by atoms with Crippen LogP contribution in [0.25, 0.3) is 6.08 Å². The first-order valence-electron chi connectivity index (χ1n) is 8.93. The van der Waals surface area contributed by atoms with E-state index in [0.29, 0.717) is 23.7 Å². The number of rotatable bonds is 4. The van der Waals surface area contributed by atoms with Gasteiger partial charge in [-0.1, -0.05) is 60.2 Å². The molecule has 1 heterocycles. The van der Waals surface area contributed by atoms with Crippen LogP contribution in [-0.2, 0) is 6.61 Å². The molecule has 3 aromatic rings. The molecule has 0 N–H and O–H groups in total. The first kappa shape index (κ1) is 17.1. The number of hydrogen-bond donors (Lipinski definition) is 0. The predicted octanol–water partition coefficient (Wildman–Crippen LogP) is 5.50. The van der Waals surface area contributed by atoms with Crippen molar-refractivity contribution in [3.05, 3.63) is 100 Å². The number of allylic oxidation sites excluding steroid dienone is 1. The summed E-state index contributed by atoms with van der Waals surface area (Å²) >= 11 is 0. The second-order valence-corrected chi connectivity index (χ2v) is 6.69. The topological polar surface area (TPSA) is 35.5 Å². The average Bonchev–Trinajstić information content (AvgIpc) is 3.00. The van der Waals surface area contributed by atoms with Crippen LogP contribution >= 0.6 is 0 Å². The number of benzene rings is 3. The lowest BCUT2D eigenvalue weighted by Gasteiger charge is -2.11. The summed E-state index contributed by atoms with van der Waals surface area (Å²) in [6.45, 7) is 4.45. The largest absolute Gasteiger partial charge is 0.488 e. The third kappa shape index (κ3) is 3.49. The van der Waals surface area contributed by atoms with Gasteiger partial charge in [0.25, 0.3) is 0 Å². The molecule has 0 unspecified atom stereocenters. The van der Waals surface area contributed by atoms with Crippen LogP contribution in [0, 0.1) is 13.8 Å². The zero-order valence-electron chi connectivity index (χ0n) is 15.4. The van der Waals surface area contributed by atoms with Crippen LogP contribution < -0.4 is 9.47 Å². The first-order chi connectivity index (χ1) is 13.1. The molecule has 0 saturated carbocycles. The van der Waals surface area contributed by atoms with Crippen LogP contribution in [0.1, 0.15) is 32.6 Å². The van der Waals surface area contributed by atoms with E-state index in [2.05, 4.69) is 31.2 Å². The average molecular weight is 356 g/mol. The number of carbonyl (C=O) groups is 1. The van der Waals surface area contributed by atoms with E-state index < -0.39 is 0 Å². The van der Waals surface area contributed by atoms with Gasteiger partial charge in [0.1, 0.15) is 18.1 Å². The third-order valence-electron chi connectivity index (χ3n) is 4.65. The lowest BCUT2D eigenvalue weighted by Crippen LogP contribution is -1.98. The van der Waals surface area contributed by atoms with Crippen molar-refractivity contribution in [2.45, 2.75) is 20.5 Å². The molecule has 0 amide bonds. The number of Topliss-reactive ketones (excluding diaryl/α,β-unsaturated/α-hetero) is 1. The summed E-state index contributed by atoms with van der Waals surface area (Å²) in [5.74, 6) is 1.56. The van der Waals surface area contributed by atoms with Gasteiger partial charge in [-0.25, -0.2) is 0 Å². The maximum Gasteiger partial charge on any atom is 0.231 e. The highest BCUT2D eigenvalue weighted by molar-refractivity contribution is 6.14. The molecule has 4 rings (SSSR count). The summed E-state index contributed by atoms with van der Waals surface area (Å²) in [5.41, 5.74) is 4.67. The SMILES string of the molecule is Cc1ccc(COc2ccc3c(c2C)O/C(=C\c2ccccc2)C3=O)cc1. The van der Waals surface area contributed by atoms with Crippen molar-refractivity contribution < 1.29 is 14.3 Å². The molecule has 0 fully saturated rings. The molecule has 3 heteroatoms. The quantitative estimate of drug-likeness (QED) is 0.579. The fraction of sp³-hybridized carbons (Fsp3) is 0.125. The Bertz CT molecular complexity index is 1020. The molecule has 0 spiro atoms.